The van der Waals surface area contributed by atoms with Gasteiger partial charge in [-0.15, -0.1) is 11.8 Å². The zero-order chi connectivity index (χ0) is 22.0. The molecule has 3 aromatic rings. The minimum Gasteiger partial charge on any atom is -0.493 e. The van der Waals surface area contributed by atoms with Crippen molar-refractivity contribution < 1.29 is 14.3 Å². The van der Waals surface area contributed by atoms with Crippen LogP contribution in [0.5, 0.6) is 11.5 Å². The molecule has 1 heterocycles. The lowest BCUT2D eigenvalue weighted by molar-refractivity contribution is -0.115. The standard InChI is InChI=1S/C23H18Cl3NO3S/c1-29-20-11-15(10-19(26)22(20)30-12-14-2-4-16(24)5-3-14)23-27(21(28)13-31-23)18-8-6-17(25)7-9-18/h2-11,23H,12-13H2,1H3/t23-/m1/s1. The summed E-state index contributed by atoms with van der Waals surface area (Å²) in [5.41, 5.74) is 2.59. The van der Waals surface area contributed by atoms with Crippen molar-refractivity contribution in [1.82, 2.24) is 0 Å². The number of rotatable bonds is 6. The molecule has 0 spiro atoms. The Morgan fingerprint density at radius 1 is 1.00 bits per heavy atom. The summed E-state index contributed by atoms with van der Waals surface area (Å²) in [4.78, 5) is 14.4. The first-order valence-corrected chi connectivity index (χ1v) is 11.6. The molecule has 31 heavy (non-hydrogen) atoms. The van der Waals surface area contributed by atoms with Gasteiger partial charge >= 0.3 is 0 Å². The van der Waals surface area contributed by atoms with Crippen LogP contribution in [-0.2, 0) is 11.4 Å². The van der Waals surface area contributed by atoms with Crippen molar-refractivity contribution in [2.45, 2.75) is 12.0 Å². The van der Waals surface area contributed by atoms with Gasteiger partial charge in [-0.2, -0.15) is 0 Å². The van der Waals surface area contributed by atoms with Crippen molar-refractivity contribution >= 4 is 58.2 Å². The zero-order valence-corrected chi connectivity index (χ0v) is 19.6. The summed E-state index contributed by atoms with van der Waals surface area (Å²) in [5, 5.41) is 1.47. The molecule has 0 radical (unpaired) electrons. The van der Waals surface area contributed by atoms with E-state index in [1.165, 1.54) is 11.8 Å². The molecular weight excluding hydrogens is 477 g/mol. The minimum absolute atomic E-state index is 0.0236. The third kappa shape index (κ3) is 4.90. The lowest BCUT2D eigenvalue weighted by atomic mass is 10.1. The fourth-order valence-electron chi connectivity index (χ4n) is 3.31. The number of methoxy groups -OCH3 is 1. The van der Waals surface area contributed by atoms with Crippen molar-refractivity contribution in [2.75, 3.05) is 17.8 Å². The van der Waals surface area contributed by atoms with Crippen LogP contribution in [0.15, 0.2) is 60.7 Å². The Labute approximate surface area is 200 Å². The molecule has 160 valence electrons. The summed E-state index contributed by atoms with van der Waals surface area (Å²) in [5.74, 6) is 1.36. The predicted molar refractivity (Wildman–Crippen MR) is 128 cm³/mol. The van der Waals surface area contributed by atoms with Crippen LogP contribution < -0.4 is 14.4 Å². The second-order valence-electron chi connectivity index (χ2n) is 6.85. The molecule has 1 saturated heterocycles. The minimum atomic E-state index is -0.231. The largest absolute Gasteiger partial charge is 0.493 e. The van der Waals surface area contributed by atoms with E-state index in [1.807, 2.05) is 48.5 Å². The highest BCUT2D eigenvalue weighted by atomic mass is 35.5. The molecule has 0 N–H and O–H groups in total. The SMILES string of the molecule is COc1cc([C@H]2SCC(=O)N2c2ccc(Cl)cc2)cc(Cl)c1OCc1ccc(Cl)cc1. The second-order valence-corrected chi connectivity index (χ2v) is 9.20. The van der Waals surface area contributed by atoms with Gasteiger partial charge in [-0.1, -0.05) is 46.9 Å². The summed E-state index contributed by atoms with van der Waals surface area (Å²) < 4.78 is 11.5. The van der Waals surface area contributed by atoms with E-state index in [9.17, 15) is 4.79 Å². The van der Waals surface area contributed by atoms with Crippen LogP contribution in [0.3, 0.4) is 0 Å². The van der Waals surface area contributed by atoms with E-state index in [2.05, 4.69) is 0 Å². The number of carbonyl (C=O) groups excluding carboxylic acids is 1. The first-order chi connectivity index (χ1) is 15.0. The van der Waals surface area contributed by atoms with Crippen LogP contribution in [0, 0.1) is 0 Å². The Morgan fingerprint density at radius 2 is 1.65 bits per heavy atom. The fraction of sp³-hybridized carbons (Fsp3) is 0.174. The van der Waals surface area contributed by atoms with Gasteiger partial charge in [0.15, 0.2) is 11.5 Å². The van der Waals surface area contributed by atoms with Gasteiger partial charge in [-0.3, -0.25) is 9.69 Å². The number of hydrogen-bond acceptors (Lipinski definition) is 4. The van der Waals surface area contributed by atoms with Gasteiger partial charge in [0.2, 0.25) is 5.91 Å². The lowest BCUT2D eigenvalue weighted by Crippen LogP contribution is -2.27. The molecule has 0 aromatic heterocycles. The molecule has 0 bridgehead atoms. The van der Waals surface area contributed by atoms with Crippen LogP contribution >= 0.6 is 46.6 Å². The van der Waals surface area contributed by atoms with Gasteiger partial charge in [-0.25, -0.2) is 0 Å². The van der Waals surface area contributed by atoms with Crippen molar-refractivity contribution in [3.8, 4) is 11.5 Å². The molecule has 1 atom stereocenters. The average Bonchev–Trinajstić information content (AvgIpc) is 3.15. The van der Waals surface area contributed by atoms with Gasteiger partial charge in [0.25, 0.3) is 0 Å². The quantitative estimate of drug-likeness (QED) is 0.369. The van der Waals surface area contributed by atoms with Gasteiger partial charge in [-0.05, 0) is 59.7 Å². The third-order valence-electron chi connectivity index (χ3n) is 4.81. The highest BCUT2D eigenvalue weighted by Crippen LogP contribution is 2.46. The van der Waals surface area contributed by atoms with Gasteiger partial charge in [0.1, 0.15) is 12.0 Å². The zero-order valence-electron chi connectivity index (χ0n) is 16.5. The van der Waals surface area contributed by atoms with Crippen molar-refractivity contribution in [3.05, 3.63) is 86.9 Å². The van der Waals surface area contributed by atoms with Crippen LogP contribution in [0.1, 0.15) is 16.5 Å². The summed E-state index contributed by atoms with van der Waals surface area (Å²) in [6.07, 6.45) is 0. The van der Waals surface area contributed by atoms with Gasteiger partial charge in [0, 0.05) is 15.7 Å². The summed E-state index contributed by atoms with van der Waals surface area (Å²) >= 11 is 20.1. The van der Waals surface area contributed by atoms with Crippen molar-refractivity contribution in [1.29, 1.82) is 0 Å². The maximum Gasteiger partial charge on any atom is 0.238 e. The number of carbonyl (C=O) groups is 1. The van der Waals surface area contributed by atoms with Crippen molar-refractivity contribution in [3.63, 3.8) is 0 Å². The number of ether oxygens (including phenoxy) is 2. The normalized spacial score (nSPS) is 15.9. The molecule has 0 unspecified atom stereocenters. The number of benzene rings is 3. The molecule has 4 rings (SSSR count). The molecule has 3 aromatic carbocycles. The van der Waals surface area contributed by atoms with E-state index in [-0.39, 0.29) is 11.3 Å². The Hall–Kier alpha value is -2.05. The van der Waals surface area contributed by atoms with Gasteiger partial charge in [0.05, 0.1) is 17.9 Å². The lowest BCUT2D eigenvalue weighted by Gasteiger charge is -2.25. The highest BCUT2D eigenvalue weighted by Gasteiger charge is 2.35. The number of nitrogens with zero attached hydrogens (tertiary/aromatic N) is 1. The first-order valence-electron chi connectivity index (χ1n) is 9.40. The molecule has 0 aliphatic carbocycles. The number of amides is 1. The van der Waals surface area contributed by atoms with Crippen LogP contribution in [0.25, 0.3) is 0 Å². The summed E-state index contributed by atoms with van der Waals surface area (Å²) in [7, 11) is 1.56. The summed E-state index contributed by atoms with van der Waals surface area (Å²) in [6, 6.07) is 18.3. The number of halogens is 3. The maximum absolute atomic E-state index is 12.6. The maximum atomic E-state index is 12.6. The number of anilines is 1. The molecule has 0 saturated carbocycles. The summed E-state index contributed by atoms with van der Waals surface area (Å²) in [6.45, 7) is 0.320. The molecule has 1 aliphatic rings. The highest BCUT2D eigenvalue weighted by molar-refractivity contribution is 8.00. The van der Waals surface area contributed by atoms with E-state index < -0.39 is 0 Å². The number of thioether (sulfide) groups is 1. The third-order valence-corrected chi connectivity index (χ3v) is 6.80. The molecule has 1 amide bonds. The molecule has 1 fully saturated rings. The monoisotopic (exact) mass is 493 g/mol. The predicted octanol–water partition coefficient (Wildman–Crippen LogP) is 7.01. The Morgan fingerprint density at radius 3 is 2.29 bits per heavy atom. The first kappa shape index (κ1) is 22.2. The Kier molecular flexibility index (Phi) is 6.87. The molecule has 1 aliphatic heterocycles. The van der Waals surface area contributed by atoms with E-state index >= 15 is 0 Å². The van der Waals surface area contributed by atoms with Crippen LogP contribution in [0.4, 0.5) is 5.69 Å². The fourth-order valence-corrected chi connectivity index (χ4v) is 4.99. The Balaban J connectivity index is 1.61. The van der Waals surface area contributed by atoms with Crippen LogP contribution in [0.2, 0.25) is 15.1 Å². The van der Waals surface area contributed by atoms with E-state index in [0.29, 0.717) is 38.9 Å². The topological polar surface area (TPSA) is 38.8 Å². The molecular formula is C23H18Cl3NO3S. The van der Waals surface area contributed by atoms with E-state index in [0.717, 1.165) is 16.8 Å². The van der Waals surface area contributed by atoms with E-state index in [4.69, 9.17) is 44.3 Å². The van der Waals surface area contributed by atoms with Crippen LogP contribution in [-0.4, -0.2) is 18.8 Å². The smallest absolute Gasteiger partial charge is 0.238 e. The Bertz CT molecular complexity index is 1090. The average molecular weight is 495 g/mol. The molecule has 4 nitrogen and oxygen atoms in total. The second kappa shape index (κ2) is 9.61. The van der Waals surface area contributed by atoms with Gasteiger partial charge < -0.3 is 9.47 Å². The number of hydrogen-bond donors (Lipinski definition) is 0. The van der Waals surface area contributed by atoms with E-state index in [1.54, 1.807) is 24.1 Å². The van der Waals surface area contributed by atoms with Crippen molar-refractivity contribution in [2.24, 2.45) is 0 Å². The molecule has 8 heteroatoms.